The maximum atomic E-state index is 12.9. The average Bonchev–Trinajstić information content (AvgIpc) is 2.76. The van der Waals surface area contributed by atoms with E-state index in [2.05, 4.69) is 35.5 Å². The zero-order valence-corrected chi connectivity index (χ0v) is 20.3. The Hall–Kier alpha value is -3.44. The maximum absolute atomic E-state index is 12.9. The Kier molecular flexibility index (Phi) is 6.56. The van der Waals surface area contributed by atoms with Crippen LogP contribution in [0.15, 0.2) is 38.0 Å². The summed E-state index contributed by atoms with van der Waals surface area (Å²) in [5.41, 5.74) is 6.10. The minimum Gasteiger partial charge on any atom is -0.506 e. The van der Waals surface area contributed by atoms with E-state index in [1.807, 2.05) is 12.1 Å². The number of hydrogen-bond donors (Lipinski definition) is 3. The molecule has 1 aliphatic carbocycles. The third-order valence-corrected chi connectivity index (χ3v) is 6.54. The highest BCUT2D eigenvalue weighted by Crippen LogP contribution is 2.36. The first kappa shape index (κ1) is 24.7. The quantitative estimate of drug-likeness (QED) is 0.404. The van der Waals surface area contributed by atoms with Crippen LogP contribution < -0.4 is 16.6 Å². The summed E-state index contributed by atoms with van der Waals surface area (Å²) < 4.78 is 9.20. The van der Waals surface area contributed by atoms with E-state index in [1.54, 1.807) is 6.07 Å². The third kappa shape index (κ3) is 5.15. The van der Waals surface area contributed by atoms with Gasteiger partial charge in [-0.1, -0.05) is 26.8 Å². The van der Waals surface area contributed by atoms with Gasteiger partial charge in [0.15, 0.2) is 17.7 Å². The Morgan fingerprint density at radius 2 is 2.03 bits per heavy atom. The molecule has 2 heterocycles. The number of aromatic hydroxyl groups is 1. The summed E-state index contributed by atoms with van der Waals surface area (Å²) >= 11 is 0.744. The Labute approximate surface area is 205 Å². The van der Waals surface area contributed by atoms with Gasteiger partial charge in [0, 0.05) is 17.3 Å². The Morgan fingerprint density at radius 1 is 1.29 bits per heavy atom. The van der Waals surface area contributed by atoms with Crippen LogP contribution in [0.3, 0.4) is 0 Å². The van der Waals surface area contributed by atoms with Crippen LogP contribution in [0.4, 0.5) is 0 Å². The van der Waals surface area contributed by atoms with Crippen LogP contribution in [-0.4, -0.2) is 46.1 Å². The van der Waals surface area contributed by atoms with Crippen LogP contribution in [0.25, 0.3) is 10.9 Å². The van der Waals surface area contributed by atoms with Gasteiger partial charge in [-0.05, 0) is 36.0 Å². The number of amides is 1. The van der Waals surface area contributed by atoms with E-state index in [-0.39, 0.29) is 39.6 Å². The lowest BCUT2D eigenvalue weighted by Gasteiger charge is -2.26. The van der Waals surface area contributed by atoms with E-state index >= 15 is 0 Å². The summed E-state index contributed by atoms with van der Waals surface area (Å²) in [5.74, 6) is -2.44. The fraction of sp³-hybridized carbons (Fsp3) is 0.375. The molecule has 0 bridgehead atoms. The van der Waals surface area contributed by atoms with Gasteiger partial charge in [-0.15, -0.1) is 0 Å². The number of nitrogens with one attached hydrogen (secondary N) is 1. The molecule has 1 aromatic heterocycles. The second-order valence-corrected chi connectivity index (χ2v) is 10.5. The molecule has 4 N–H and O–H groups in total. The standard InChI is InChI=1S/C24H25N4O6S/c1-24(2,3)7-6-11-4-5-12-13(8-11)27-23(33)17(18(12)31)22-26-14-9-15(29)20(34-10-16(25)30)19(32)21(14)35-28-22/h4-5,8,20H,6-7,9-10H2,1-3H3,(H2,25,30)(H2,27,31,33). The molecule has 11 heteroatoms. The van der Waals surface area contributed by atoms with Gasteiger partial charge in [0.2, 0.25) is 11.7 Å². The van der Waals surface area contributed by atoms with E-state index in [0.717, 1.165) is 30.4 Å². The number of carbonyl (C=O) groups excluding carboxylic acids is 3. The van der Waals surface area contributed by atoms with Crippen molar-refractivity contribution < 1.29 is 24.2 Å². The van der Waals surface area contributed by atoms with Gasteiger partial charge in [-0.2, -0.15) is 4.40 Å². The van der Waals surface area contributed by atoms with Crippen molar-refractivity contribution in [2.45, 2.75) is 46.1 Å². The van der Waals surface area contributed by atoms with Gasteiger partial charge in [0.1, 0.15) is 17.9 Å². The summed E-state index contributed by atoms with van der Waals surface area (Å²) in [4.78, 5) is 51.8. The molecule has 0 saturated heterocycles. The molecule has 183 valence electrons. The maximum Gasteiger partial charge on any atom is 0.263 e. The molecular formula is C24H25N4O6S. The van der Waals surface area contributed by atoms with Crippen molar-refractivity contribution in [3.63, 3.8) is 0 Å². The molecular weight excluding hydrogens is 472 g/mol. The van der Waals surface area contributed by atoms with Crippen molar-refractivity contribution in [3.8, 4) is 5.75 Å². The van der Waals surface area contributed by atoms with Crippen LogP contribution >= 0.6 is 11.9 Å². The Balaban J connectivity index is 1.60. The van der Waals surface area contributed by atoms with Crippen molar-refractivity contribution in [1.82, 2.24) is 10.3 Å². The largest absolute Gasteiger partial charge is 0.506 e. The van der Waals surface area contributed by atoms with Crippen molar-refractivity contribution in [3.05, 3.63) is 50.3 Å². The van der Waals surface area contributed by atoms with Crippen molar-refractivity contribution >= 4 is 46.2 Å². The molecule has 1 amide bonds. The predicted octanol–water partition coefficient (Wildman–Crippen LogP) is 1.85. The molecule has 10 nitrogen and oxygen atoms in total. The number of Topliss-reactive ketones (excluding diaryl/α,β-unsaturated/α-hetero) is 2. The molecule has 2 aliphatic rings. The van der Waals surface area contributed by atoms with E-state index in [0.29, 0.717) is 10.9 Å². The van der Waals surface area contributed by atoms with Crippen LogP contribution in [0, 0.1) is 5.41 Å². The highest BCUT2D eigenvalue weighted by molar-refractivity contribution is 8.03. The highest BCUT2D eigenvalue weighted by atomic mass is 32.2. The summed E-state index contributed by atoms with van der Waals surface area (Å²) in [6.45, 7) is 5.90. The molecule has 2 aromatic rings. The Bertz CT molecular complexity index is 1370. The number of benzene rings is 1. The molecule has 35 heavy (non-hydrogen) atoms. The number of rotatable bonds is 6. The number of fused-ring (bicyclic) bond motifs is 1. The summed E-state index contributed by atoms with van der Waals surface area (Å²) in [6, 6.07) is 5.47. The minimum absolute atomic E-state index is 0.0861. The topological polar surface area (TPSA) is 166 Å². The smallest absolute Gasteiger partial charge is 0.263 e. The number of ketones is 2. The number of pyridine rings is 1. The normalized spacial score (nSPS) is 18.4. The molecule has 0 saturated carbocycles. The molecule has 1 radical (unpaired) electrons. The molecule has 4 rings (SSSR count). The SMILES string of the molecule is CC(C)(C)CCc1ccc2c(O)c(C3=NSC4=C(CC(=O)C(OCC(N)=O)C4=O)[N]3)c(=O)[nH]c2c1. The zero-order valence-electron chi connectivity index (χ0n) is 19.5. The number of aryl methyl sites for hydroxylation is 1. The number of ether oxygens (including phenoxy) is 1. The lowest BCUT2D eigenvalue weighted by atomic mass is 9.88. The van der Waals surface area contributed by atoms with Gasteiger partial charge in [0.25, 0.3) is 5.56 Å². The lowest BCUT2D eigenvalue weighted by molar-refractivity contribution is -0.143. The molecule has 1 atom stereocenters. The van der Waals surface area contributed by atoms with E-state index in [4.69, 9.17) is 10.5 Å². The van der Waals surface area contributed by atoms with Crippen molar-refractivity contribution in [2.75, 3.05) is 6.61 Å². The highest BCUT2D eigenvalue weighted by Gasteiger charge is 2.41. The monoisotopic (exact) mass is 497 g/mol. The molecule has 1 aromatic carbocycles. The van der Waals surface area contributed by atoms with Gasteiger partial charge in [0.05, 0.1) is 22.5 Å². The first-order chi connectivity index (χ1) is 16.4. The fourth-order valence-corrected chi connectivity index (χ4v) is 4.55. The third-order valence-electron chi connectivity index (χ3n) is 5.65. The molecule has 1 aliphatic heterocycles. The van der Waals surface area contributed by atoms with Crippen LogP contribution in [0.5, 0.6) is 5.75 Å². The lowest BCUT2D eigenvalue weighted by Crippen LogP contribution is -2.42. The summed E-state index contributed by atoms with van der Waals surface area (Å²) in [6.07, 6.45) is 0.0833. The number of nitrogens with two attached hydrogens (primary N) is 1. The van der Waals surface area contributed by atoms with Crippen LogP contribution in [0.1, 0.15) is 44.7 Å². The first-order valence-electron chi connectivity index (χ1n) is 11.0. The molecule has 0 fully saturated rings. The van der Waals surface area contributed by atoms with Crippen LogP contribution in [0.2, 0.25) is 0 Å². The van der Waals surface area contributed by atoms with Gasteiger partial charge >= 0.3 is 0 Å². The zero-order chi connectivity index (χ0) is 25.5. The second kappa shape index (κ2) is 9.31. The van der Waals surface area contributed by atoms with Gasteiger partial charge < -0.3 is 20.6 Å². The number of nitrogens with zero attached hydrogens (tertiary/aromatic N) is 2. The van der Waals surface area contributed by atoms with Crippen molar-refractivity contribution in [2.24, 2.45) is 15.5 Å². The predicted molar refractivity (Wildman–Crippen MR) is 131 cm³/mol. The Morgan fingerprint density at radius 3 is 2.71 bits per heavy atom. The van der Waals surface area contributed by atoms with Crippen molar-refractivity contribution in [1.29, 1.82) is 0 Å². The second-order valence-electron chi connectivity index (χ2n) is 9.68. The average molecular weight is 498 g/mol. The fourth-order valence-electron chi connectivity index (χ4n) is 3.82. The van der Waals surface area contributed by atoms with Gasteiger partial charge in [-0.25, -0.2) is 5.32 Å². The number of hydrogen-bond acceptors (Lipinski definition) is 8. The number of primary amides is 1. The molecule has 1 unspecified atom stereocenters. The molecule has 0 spiro atoms. The summed E-state index contributed by atoms with van der Waals surface area (Å²) in [5, 5.41) is 15.6. The number of aromatic nitrogens is 1. The van der Waals surface area contributed by atoms with Crippen LogP contribution in [-0.2, 0) is 25.5 Å². The number of allylic oxidation sites excluding steroid dienone is 1. The number of H-pyrrole nitrogens is 1. The number of aromatic amines is 1. The van der Waals surface area contributed by atoms with Gasteiger partial charge in [-0.3, -0.25) is 19.2 Å². The van der Waals surface area contributed by atoms with E-state index in [9.17, 15) is 24.3 Å². The van der Waals surface area contributed by atoms with E-state index < -0.39 is 35.7 Å². The summed E-state index contributed by atoms with van der Waals surface area (Å²) in [7, 11) is 0. The number of amidine groups is 1. The minimum atomic E-state index is -1.45. The number of carbonyl (C=O) groups is 3. The first-order valence-corrected chi connectivity index (χ1v) is 11.8. The van der Waals surface area contributed by atoms with E-state index in [1.165, 1.54) is 0 Å².